The predicted octanol–water partition coefficient (Wildman–Crippen LogP) is 0.110. The molecule has 0 bridgehead atoms. The Labute approximate surface area is 144 Å². The summed E-state index contributed by atoms with van der Waals surface area (Å²) in [6.45, 7) is 7.41. The van der Waals surface area contributed by atoms with Crippen LogP contribution < -0.4 is 10.2 Å². The zero-order chi connectivity index (χ0) is 16.8. The van der Waals surface area contributed by atoms with Gasteiger partial charge in [-0.2, -0.15) is 0 Å². The number of hydrogen-bond donors (Lipinski definition) is 1. The molecule has 7 nitrogen and oxygen atoms in total. The summed E-state index contributed by atoms with van der Waals surface area (Å²) in [5.74, 6) is 2.02. The monoisotopic (exact) mass is 332 g/mol. The van der Waals surface area contributed by atoms with Gasteiger partial charge in [0.15, 0.2) is 5.96 Å². The number of rotatable bonds is 3. The molecule has 132 valence electrons. The van der Waals surface area contributed by atoms with Crippen molar-refractivity contribution >= 4 is 11.8 Å². The lowest BCUT2D eigenvalue weighted by Crippen LogP contribution is -2.54. The van der Waals surface area contributed by atoms with Gasteiger partial charge in [0.05, 0.1) is 12.7 Å². The standard InChI is InChI=1S/C17H28N6O/c1-18-17(20-13-15-14-21(2)11-12-24-15)23-9-7-22(8-10-23)16-5-3-4-6-19-16/h3-6,15H,7-14H2,1-2H3,(H,18,20). The van der Waals surface area contributed by atoms with Gasteiger partial charge in [-0.25, -0.2) is 4.98 Å². The van der Waals surface area contributed by atoms with Crippen molar-refractivity contribution in [2.75, 3.05) is 71.4 Å². The van der Waals surface area contributed by atoms with E-state index in [0.717, 1.165) is 64.2 Å². The fourth-order valence-corrected chi connectivity index (χ4v) is 3.22. The molecule has 1 aromatic heterocycles. The number of piperazine rings is 1. The lowest BCUT2D eigenvalue weighted by Gasteiger charge is -2.37. The minimum atomic E-state index is 0.232. The zero-order valence-electron chi connectivity index (χ0n) is 14.7. The molecule has 1 aromatic rings. The van der Waals surface area contributed by atoms with Gasteiger partial charge >= 0.3 is 0 Å². The summed E-state index contributed by atoms with van der Waals surface area (Å²) in [6, 6.07) is 6.06. The molecule has 2 saturated heterocycles. The molecule has 0 aliphatic carbocycles. The van der Waals surface area contributed by atoms with Crippen molar-refractivity contribution in [3.8, 4) is 0 Å². The van der Waals surface area contributed by atoms with E-state index >= 15 is 0 Å². The van der Waals surface area contributed by atoms with E-state index in [9.17, 15) is 0 Å². The molecule has 0 radical (unpaired) electrons. The van der Waals surface area contributed by atoms with Crippen LogP contribution in [0.3, 0.4) is 0 Å². The average molecular weight is 332 g/mol. The number of anilines is 1. The first-order valence-electron chi connectivity index (χ1n) is 8.68. The van der Waals surface area contributed by atoms with E-state index in [1.54, 1.807) is 0 Å². The Morgan fingerprint density at radius 1 is 1.29 bits per heavy atom. The maximum atomic E-state index is 5.81. The lowest BCUT2D eigenvalue weighted by molar-refractivity contribution is -0.0163. The third-order valence-corrected chi connectivity index (χ3v) is 4.59. The molecule has 2 fully saturated rings. The van der Waals surface area contributed by atoms with Gasteiger partial charge in [-0.3, -0.25) is 4.99 Å². The van der Waals surface area contributed by atoms with Gasteiger partial charge in [-0.1, -0.05) is 6.07 Å². The van der Waals surface area contributed by atoms with Gasteiger partial charge in [0.25, 0.3) is 0 Å². The molecule has 7 heteroatoms. The van der Waals surface area contributed by atoms with Crippen LogP contribution in [0.25, 0.3) is 0 Å². The Kier molecular flexibility index (Phi) is 5.87. The van der Waals surface area contributed by atoms with E-state index in [2.05, 4.69) is 43.1 Å². The fourth-order valence-electron chi connectivity index (χ4n) is 3.22. The van der Waals surface area contributed by atoms with Gasteiger partial charge in [0.2, 0.25) is 0 Å². The first kappa shape index (κ1) is 17.0. The molecule has 0 saturated carbocycles. The van der Waals surface area contributed by atoms with Crippen molar-refractivity contribution < 1.29 is 4.74 Å². The molecule has 24 heavy (non-hydrogen) atoms. The fraction of sp³-hybridized carbons (Fsp3) is 0.647. The normalized spacial score (nSPS) is 23.4. The van der Waals surface area contributed by atoms with Crippen LogP contribution in [0.15, 0.2) is 29.4 Å². The van der Waals surface area contributed by atoms with Crippen LogP contribution in [0.5, 0.6) is 0 Å². The number of nitrogens with zero attached hydrogens (tertiary/aromatic N) is 5. The first-order chi connectivity index (χ1) is 11.8. The van der Waals surface area contributed by atoms with E-state index in [0.29, 0.717) is 0 Å². The second-order valence-electron chi connectivity index (χ2n) is 6.35. The van der Waals surface area contributed by atoms with Crippen LogP contribution in [0, 0.1) is 0 Å². The summed E-state index contributed by atoms with van der Waals surface area (Å²) in [6.07, 6.45) is 2.08. The number of guanidine groups is 1. The van der Waals surface area contributed by atoms with E-state index in [4.69, 9.17) is 4.74 Å². The summed E-state index contributed by atoms with van der Waals surface area (Å²) in [5, 5.41) is 3.47. The van der Waals surface area contributed by atoms with Gasteiger partial charge in [0, 0.05) is 59.1 Å². The van der Waals surface area contributed by atoms with E-state index in [1.807, 2.05) is 25.4 Å². The number of hydrogen-bond acceptors (Lipinski definition) is 5. The van der Waals surface area contributed by atoms with Crippen LogP contribution in [0.4, 0.5) is 5.82 Å². The van der Waals surface area contributed by atoms with Crippen molar-refractivity contribution in [3.63, 3.8) is 0 Å². The van der Waals surface area contributed by atoms with Gasteiger partial charge < -0.3 is 24.8 Å². The minimum absolute atomic E-state index is 0.232. The highest BCUT2D eigenvalue weighted by Crippen LogP contribution is 2.12. The third kappa shape index (κ3) is 4.36. The smallest absolute Gasteiger partial charge is 0.193 e. The molecule has 2 aliphatic heterocycles. The summed E-state index contributed by atoms with van der Waals surface area (Å²) in [5.41, 5.74) is 0. The second kappa shape index (κ2) is 8.30. The van der Waals surface area contributed by atoms with Gasteiger partial charge in [0.1, 0.15) is 5.82 Å². The molecule has 1 N–H and O–H groups in total. The number of aliphatic imine (C=N–C) groups is 1. The van der Waals surface area contributed by atoms with Gasteiger partial charge in [-0.05, 0) is 19.2 Å². The topological polar surface area (TPSA) is 56.2 Å². The van der Waals surface area contributed by atoms with Crippen LogP contribution in [0.2, 0.25) is 0 Å². The SMILES string of the molecule is CN=C(NCC1CN(C)CCO1)N1CCN(c2ccccn2)CC1. The summed E-state index contributed by atoms with van der Waals surface area (Å²) in [7, 11) is 3.99. The number of pyridine rings is 1. The van der Waals surface area contributed by atoms with Crippen LogP contribution in [-0.4, -0.2) is 93.4 Å². The quantitative estimate of drug-likeness (QED) is 0.626. The highest BCUT2D eigenvalue weighted by atomic mass is 16.5. The van der Waals surface area contributed by atoms with Crippen LogP contribution >= 0.6 is 0 Å². The van der Waals surface area contributed by atoms with Crippen LogP contribution in [0.1, 0.15) is 0 Å². The molecule has 0 spiro atoms. The highest BCUT2D eigenvalue weighted by Gasteiger charge is 2.22. The van der Waals surface area contributed by atoms with Crippen molar-refractivity contribution in [3.05, 3.63) is 24.4 Å². The number of morpholine rings is 1. The van der Waals surface area contributed by atoms with E-state index in [1.165, 1.54) is 0 Å². The lowest BCUT2D eigenvalue weighted by atomic mass is 10.3. The Hall–Kier alpha value is -1.86. The molecule has 3 heterocycles. The number of ether oxygens (including phenoxy) is 1. The average Bonchev–Trinajstić information content (AvgIpc) is 2.64. The first-order valence-corrected chi connectivity index (χ1v) is 8.68. The molecule has 0 amide bonds. The Balaban J connectivity index is 1.47. The molecule has 0 aromatic carbocycles. The molecular weight excluding hydrogens is 304 g/mol. The van der Waals surface area contributed by atoms with Crippen molar-refractivity contribution in [2.24, 2.45) is 4.99 Å². The maximum absolute atomic E-state index is 5.81. The summed E-state index contributed by atoms with van der Waals surface area (Å²) in [4.78, 5) is 15.8. The Bertz CT molecular complexity index is 529. The number of likely N-dealkylation sites (N-methyl/N-ethyl adjacent to an activating group) is 1. The maximum Gasteiger partial charge on any atom is 0.193 e. The Morgan fingerprint density at radius 2 is 2.12 bits per heavy atom. The summed E-state index contributed by atoms with van der Waals surface area (Å²) < 4.78 is 5.81. The van der Waals surface area contributed by atoms with E-state index in [-0.39, 0.29) is 6.10 Å². The molecule has 3 rings (SSSR count). The van der Waals surface area contributed by atoms with Crippen molar-refractivity contribution in [1.82, 2.24) is 20.1 Å². The minimum Gasteiger partial charge on any atom is -0.374 e. The highest BCUT2D eigenvalue weighted by molar-refractivity contribution is 5.80. The molecule has 1 atom stereocenters. The third-order valence-electron chi connectivity index (χ3n) is 4.59. The van der Waals surface area contributed by atoms with Crippen molar-refractivity contribution in [1.29, 1.82) is 0 Å². The van der Waals surface area contributed by atoms with Crippen molar-refractivity contribution in [2.45, 2.75) is 6.10 Å². The van der Waals surface area contributed by atoms with E-state index < -0.39 is 0 Å². The second-order valence-corrected chi connectivity index (χ2v) is 6.35. The van der Waals surface area contributed by atoms with Crippen LogP contribution in [-0.2, 0) is 4.74 Å². The summed E-state index contributed by atoms with van der Waals surface area (Å²) >= 11 is 0. The zero-order valence-corrected chi connectivity index (χ0v) is 14.7. The molecule has 1 unspecified atom stereocenters. The number of nitrogens with one attached hydrogen (secondary N) is 1. The largest absolute Gasteiger partial charge is 0.374 e. The molecular formula is C17H28N6O. The predicted molar refractivity (Wildman–Crippen MR) is 96.6 cm³/mol. The van der Waals surface area contributed by atoms with Gasteiger partial charge in [-0.15, -0.1) is 0 Å². The Morgan fingerprint density at radius 3 is 2.79 bits per heavy atom. The molecule has 2 aliphatic rings. The number of aromatic nitrogens is 1.